The molecule has 0 aliphatic heterocycles. The Morgan fingerprint density at radius 2 is 1.54 bits per heavy atom. The number of carbonyl (C=O) groups is 1. The van der Waals surface area contributed by atoms with E-state index in [1.807, 2.05) is 58.0 Å². The first-order valence-electron chi connectivity index (χ1n) is 13.0. The number of nitrogens with one attached hydrogen (secondary N) is 1. The molecule has 8 nitrogen and oxygen atoms in total. The molecule has 8 heteroatoms. The van der Waals surface area contributed by atoms with E-state index >= 15 is 0 Å². The van der Waals surface area contributed by atoms with E-state index in [-0.39, 0.29) is 18.0 Å². The van der Waals surface area contributed by atoms with Gasteiger partial charge in [-0.3, -0.25) is 9.59 Å². The van der Waals surface area contributed by atoms with E-state index in [0.717, 1.165) is 10.9 Å². The Hall–Kier alpha value is -4.46. The van der Waals surface area contributed by atoms with E-state index in [1.54, 1.807) is 42.3 Å². The van der Waals surface area contributed by atoms with Crippen LogP contribution in [0.5, 0.6) is 23.0 Å². The first kappa shape index (κ1) is 27.6. The zero-order valence-electron chi connectivity index (χ0n) is 23.0. The molecule has 4 aromatic rings. The third kappa shape index (κ3) is 6.00. The quantitative estimate of drug-likeness (QED) is 0.260. The van der Waals surface area contributed by atoms with Gasteiger partial charge < -0.3 is 28.8 Å². The van der Waals surface area contributed by atoms with Crippen LogP contribution in [-0.4, -0.2) is 37.8 Å². The number of pyridine rings is 1. The molecular weight excluding hydrogens is 496 g/mol. The fourth-order valence-corrected chi connectivity index (χ4v) is 4.45. The van der Waals surface area contributed by atoms with Crippen LogP contribution in [0.25, 0.3) is 10.9 Å². The van der Waals surface area contributed by atoms with Gasteiger partial charge in [0.1, 0.15) is 5.75 Å². The summed E-state index contributed by atoms with van der Waals surface area (Å²) in [5.74, 6) is 1.68. The van der Waals surface area contributed by atoms with Crippen molar-refractivity contribution < 1.29 is 23.7 Å². The van der Waals surface area contributed by atoms with E-state index in [1.165, 1.54) is 0 Å². The highest BCUT2D eigenvalue weighted by atomic mass is 16.5. The molecule has 204 valence electrons. The van der Waals surface area contributed by atoms with E-state index < -0.39 is 0 Å². The van der Waals surface area contributed by atoms with E-state index in [2.05, 4.69) is 4.98 Å². The van der Waals surface area contributed by atoms with Gasteiger partial charge in [0.2, 0.25) is 5.75 Å². The number of aromatic nitrogens is 1. The number of H-pyrrole nitrogens is 1. The van der Waals surface area contributed by atoms with Crippen molar-refractivity contribution in [3.8, 4) is 23.0 Å². The van der Waals surface area contributed by atoms with Crippen molar-refractivity contribution in [1.82, 2.24) is 4.98 Å². The summed E-state index contributed by atoms with van der Waals surface area (Å²) in [6.07, 6.45) is 0. The van der Waals surface area contributed by atoms with Gasteiger partial charge in [0.05, 0.1) is 33.5 Å². The molecule has 1 heterocycles. The first-order chi connectivity index (χ1) is 18.9. The van der Waals surface area contributed by atoms with Gasteiger partial charge in [-0.25, -0.2) is 0 Å². The maximum Gasteiger partial charge on any atom is 0.258 e. The van der Waals surface area contributed by atoms with Crippen molar-refractivity contribution in [2.24, 2.45) is 0 Å². The normalized spacial score (nSPS) is 10.8. The van der Waals surface area contributed by atoms with E-state index in [9.17, 15) is 9.59 Å². The Morgan fingerprint density at radius 1 is 0.872 bits per heavy atom. The third-order valence-electron chi connectivity index (χ3n) is 6.26. The molecule has 0 radical (unpaired) electrons. The molecule has 3 aromatic carbocycles. The Labute approximate surface area is 228 Å². The third-order valence-corrected chi connectivity index (χ3v) is 6.26. The number of carbonyl (C=O) groups excluding carboxylic acids is 1. The molecule has 39 heavy (non-hydrogen) atoms. The van der Waals surface area contributed by atoms with Gasteiger partial charge in [-0.2, -0.15) is 0 Å². The number of fused-ring (bicyclic) bond motifs is 1. The summed E-state index contributed by atoms with van der Waals surface area (Å²) >= 11 is 0. The second kappa shape index (κ2) is 12.4. The molecule has 0 spiro atoms. The lowest BCUT2D eigenvalue weighted by molar-refractivity contribution is 0.0983. The van der Waals surface area contributed by atoms with Crippen LogP contribution in [0.1, 0.15) is 42.3 Å². The summed E-state index contributed by atoms with van der Waals surface area (Å²) < 4.78 is 22.8. The fraction of sp³-hybridized carbons (Fsp3) is 0.290. The molecule has 0 fully saturated rings. The predicted molar refractivity (Wildman–Crippen MR) is 153 cm³/mol. The minimum Gasteiger partial charge on any atom is -0.497 e. The van der Waals surface area contributed by atoms with Crippen LogP contribution in [0.15, 0.2) is 65.5 Å². The summed E-state index contributed by atoms with van der Waals surface area (Å²) in [6.45, 7) is 8.78. The SMILES string of the molecule is CCOc1cc(C(=O)N(Cc2cc3cc(OC)ccc3[nH]c2=O)c2ccccc2C)cc(OCC)c1OCC. The lowest BCUT2D eigenvalue weighted by Crippen LogP contribution is -2.33. The van der Waals surface area contributed by atoms with E-state index in [4.69, 9.17) is 18.9 Å². The summed E-state index contributed by atoms with van der Waals surface area (Å²) in [6, 6.07) is 18.1. The molecule has 1 amide bonds. The predicted octanol–water partition coefficient (Wildman–Crippen LogP) is 5.89. The lowest BCUT2D eigenvalue weighted by atomic mass is 10.1. The molecule has 0 aliphatic rings. The highest BCUT2D eigenvalue weighted by molar-refractivity contribution is 6.07. The summed E-state index contributed by atoms with van der Waals surface area (Å²) in [7, 11) is 1.59. The zero-order chi connectivity index (χ0) is 27.9. The Balaban J connectivity index is 1.84. The largest absolute Gasteiger partial charge is 0.497 e. The Morgan fingerprint density at radius 3 is 2.15 bits per heavy atom. The highest BCUT2D eigenvalue weighted by Gasteiger charge is 2.25. The van der Waals surface area contributed by atoms with Crippen molar-refractivity contribution in [3.05, 3.63) is 87.7 Å². The van der Waals surface area contributed by atoms with Crippen LogP contribution in [0.4, 0.5) is 5.69 Å². The summed E-state index contributed by atoms with van der Waals surface area (Å²) in [5, 5.41) is 0.805. The van der Waals surface area contributed by atoms with Crippen LogP contribution in [0.2, 0.25) is 0 Å². The minimum absolute atomic E-state index is 0.0489. The van der Waals surface area contributed by atoms with Gasteiger partial charge in [0.25, 0.3) is 11.5 Å². The molecular formula is C31H34N2O6. The first-order valence-corrected chi connectivity index (χ1v) is 13.0. The van der Waals surface area contributed by atoms with Gasteiger partial charge in [-0.1, -0.05) is 18.2 Å². The second-order valence-electron chi connectivity index (χ2n) is 8.86. The number of ether oxygens (including phenoxy) is 4. The number of para-hydroxylation sites is 1. The molecule has 0 saturated heterocycles. The average Bonchev–Trinajstić information content (AvgIpc) is 2.93. The van der Waals surface area contributed by atoms with Crippen molar-refractivity contribution in [2.75, 3.05) is 31.8 Å². The number of aromatic amines is 1. The van der Waals surface area contributed by atoms with Crippen molar-refractivity contribution in [2.45, 2.75) is 34.2 Å². The molecule has 4 rings (SSSR count). The number of nitrogens with zero attached hydrogens (tertiary/aromatic N) is 1. The van der Waals surface area contributed by atoms with Gasteiger partial charge in [0.15, 0.2) is 11.5 Å². The summed E-state index contributed by atoms with van der Waals surface area (Å²) in [4.78, 5) is 31.8. The number of benzene rings is 3. The Kier molecular flexibility index (Phi) is 8.76. The number of amides is 1. The molecule has 0 unspecified atom stereocenters. The molecule has 0 saturated carbocycles. The van der Waals surface area contributed by atoms with Crippen LogP contribution < -0.4 is 29.4 Å². The van der Waals surface area contributed by atoms with Crippen LogP contribution >= 0.6 is 0 Å². The van der Waals surface area contributed by atoms with Gasteiger partial charge in [0, 0.05) is 27.7 Å². The molecule has 1 aromatic heterocycles. The monoisotopic (exact) mass is 530 g/mol. The maximum atomic E-state index is 14.2. The number of hydrogen-bond acceptors (Lipinski definition) is 6. The smallest absolute Gasteiger partial charge is 0.258 e. The van der Waals surface area contributed by atoms with Crippen LogP contribution in [0, 0.1) is 6.92 Å². The van der Waals surface area contributed by atoms with Crippen molar-refractivity contribution in [1.29, 1.82) is 0 Å². The van der Waals surface area contributed by atoms with Crippen LogP contribution in [0.3, 0.4) is 0 Å². The van der Waals surface area contributed by atoms with Crippen molar-refractivity contribution in [3.63, 3.8) is 0 Å². The van der Waals surface area contributed by atoms with Gasteiger partial charge >= 0.3 is 0 Å². The average molecular weight is 531 g/mol. The number of rotatable bonds is 11. The molecule has 1 N–H and O–H groups in total. The zero-order valence-corrected chi connectivity index (χ0v) is 23.0. The molecule has 0 atom stereocenters. The van der Waals surface area contributed by atoms with E-state index in [0.29, 0.717) is 65.1 Å². The standard InChI is InChI=1S/C31H34N2O6/c1-6-37-27-17-22(18-28(38-7-2)29(27)39-8-3)31(35)33(26-12-10-9-11-20(26)4)19-23-15-21-16-24(36-5)13-14-25(21)32-30(23)34/h9-18H,6-8,19H2,1-5H3,(H,32,34). The molecule has 0 aliphatic carbocycles. The van der Waals surface area contributed by atoms with Crippen molar-refractivity contribution >= 4 is 22.5 Å². The lowest BCUT2D eigenvalue weighted by Gasteiger charge is -2.25. The number of hydrogen-bond donors (Lipinski definition) is 1. The van der Waals surface area contributed by atoms with Crippen LogP contribution in [-0.2, 0) is 6.54 Å². The maximum absolute atomic E-state index is 14.2. The second-order valence-corrected chi connectivity index (χ2v) is 8.86. The Bertz CT molecular complexity index is 1500. The highest BCUT2D eigenvalue weighted by Crippen LogP contribution is 2.40. The fourth-order valence-electron chi connectivity index (χ4n) is 4.45. The number of methoxy groups -OCH3 is 1. The van der Waals surface area contributed by atoms with Gasteiger partial charge in [-0.05, 0) is 75.7 Å². The minimum atomic E-state index is -0.306. The summed E-state index contributed by atoms with van der Waals surface area (Å²) in [5.41, 5.74) is 2.80. The number of anilines is 1. The van der Waals surface area contributed by atoms with Gasteiger partial charge in [-0.15, -0.1) is 0 Å². The molecule has 0 bridgehead atoms. The number of aryl methyl sites for hydroxylation is 1. The topological polar surface area (TPSA) is 90.1 Å².